The van der Waals surface area contributed by atoms with Crippen molar-refractivity contribution in [3.63, 3.8) is 0 Å². The fourth-order valence-corrected chi connectivity index (χ4v) is 3.09. The molecule has 24 heavy (non-hydrogen) atoms. The molecule has 0 radical (unpaired) electrons. The fourth-order valence-electron chi connectivity index (χ4n) is 2.01. The van der Waals surface area contributed by atoms with E-state index in [9.17, 15) is 17.6 Å². The van der Waals surface area contributed by atoms with Crippen LogP contribution in [-0.4, -0.2) is 21.4 Å². The minimum Gasteiger partial charge on any atom is -0.495 e. The molecule has 0 fully saturated rings. The van der Waals surface area contributed by atoms with Crippen molar-refractivity contribution in [2.24, 2.45) is 0 Å². The van der Waals surface area contributed by atoms with Gasteiger partial charge in [-0.1, -0.05) is 6.07 Å². The third kappa shape index (κ3) is 4.02. The summed E-state index contributed by atoms with van der Waals surface area (Å²) in [6.07, 6.45) is 0. The molecule has 0 aliphatic carbocycles. The summed E-state index contributed by atoms with van der Waals surface area (Å²) in [4.78, 5) is 11.1. The Morgan fingerprint density at radius 3 is 2.46 bits per heavy atom. The predicted molar refractivity (Wildman–Crippen MR) is 89.2 cm³/mol. The lowest BCUT2D eigenvalue weighted by Crippen LogP contribution is -2.14. The third-order valence-electron chi connectivity index (χ3n) is 3.22. The van der Waals surface area contributed by atoms with E-state index in [1.165, 1.54) is 44.4 Å². The van der Waals surface area contributed by atoms with E-state index in [1.807, 2.05) is 0 Å². The van der Waals surface area contributed by atoms with E-state index in [2.05, 4.69) is 10.0 Å². The zero-order valence-corrected chi connectivity index (χ0v) is 14.2. The number of carbonyl (C=O) groups is 1. The SMILES string of the molecule is COc1ccc(S(=O)(=O)Nc2ccc(C)c(F)c2)cc1NC(C)=O. The summed E-state index contributed by atoms with van der Waals surface area (Å²) in [6, 6.07) is 8.07. The van der Waals surface area contributed by atoms with Crippen LogP contribution in [0.2, 0.25) is 0 Å². The summed E-state index contributed by atoms with van der Waals surface area (Å²) in [5, 5.41) is 2.50. The number of aryl methyl sites for hydroxylation is 1. The first-order chi connectivity index (χ1) is 11.2. The molecule has 0 aliphatic heterocycles. The molecule has 0 saturated carbocycles. The van der Waals surface area contributed by atoms with Crippen molar-refractivity contribution in [3.05, 3.63) is 47.8 Å². The number of methoxy groups -OCH3 is 1. The molecule has 0 aromatic heterocycles. The molecule has 0 aliphatic rings. The number of benzene rings is 2. The maximum absolute atomic E-state index is 13.6. The predicted octanol–water partition coefficient (Wildman–Crippen LogP) is 2.90. The van der Waals surface area contributed by atoms with Crippen LogP contribution in [-0.2, 0) is 14.8 Å². The smallest absolute Gasteiger partial charge is 0.261 e. The van der Waals surface area contributed by atoms with Gasteiger partial charge in [0.1, 0.15) is 11.6 Å². The maximum atomic E-state index is 13.6. The van der Waals surface area contributed by atoms with Gasteiger partial charge < -0.3 is 10.1 Å². The molecule has 128 valence electrons. The molecule has 2 aromatic rings. The van der Waals surface area contributed by atoms with Crippen LogP contribution in [0.15, 0.2) is 41.3 Å². The Morgan fingerprint density at radius 2 is 1.88 bits per heavy atom. The number of amides is 1. The highest BCUT2D eigenvalue weighted by Gasteiger charge is 2.17. The number of hydrogen-bond donors (Lipinski definition) is 2. The van der Waals surface area contributed by atoms with Gasteiger partial charge in [0, 0.05) is 6.92 Å². The summed E-state index contributed by atoms with van der Waals surface area (Å²) in [6.45, 7) is 2.88. The van der Waals surface area contributed by atoms with E-state index in [0.29, 0.717) is 11.3 Å². The van der Waals surface area contributed by atoms with E-state index < -0.39 is 15.8 Å². The number of carbonyl (C=O) groups excluding carboxylic acids is 1. The summed E-state index contributed by atoms with van der Waals surface area (Å²) >= 11 is 0. The molecular formula is C16H17FN2O4S. The van der Waals surface area contributed by atoms with Gasteiger partial charge in [0.15, 0.2) is 0 Å². The molecule has 0 saturated heterocycles. The molecule has 0 spiro atoms. The second kappa shape index (κ2) is 6.88. The van der Waals surface area contributed by atoms with E-state index in [1.54, 1.807) is 6.92 Å². The normalized spacial score (nSPS) is 11.0. The Hall–Kier alpha value is -2.61. The van der Waals surface area contributed by atoms with Crippen molar-refractivity contribution in [3.8, 4) is 5.75 Å². The second-order valence-electron chi connectivity index (χ2n) is 5.11. The maximum Gasteiger partial charge on any atom is 0.261 e. The molecule has 0 bridgehead atoms. The van der Waals surface area contributed by atoms with Gasteiger partial charge in [-0.3, -0.25) is 9.52 Å². The fraction of sp³-hybridized carbons (Fsp3) is 0.188. The molecule has 2 aromatic carbocycles. The van der Waals surface area contributed by atoms with E-state index >= 15 is 0 Å². The molecule has 1 amide bonds. The summed E-state index contributed by atoms with van der Waals surface area (Å²) in [7, 11) is -2.54. The Balaban J connectivity index is 2.37. The van der Waals surface area contributed by atoms with Crippen molar-refractivity contribution in [2.45, 2.75) is 18.7 Å². The molecule has 8 heteroatoms. The Labute approximate surface area is 139 Å². The van der Waals surface area contributed by atoms with Gasteiger partial charge in [-0.2, -0.15) is 0 Å². The van der Waals surface area contributed by atoms with Crippen LogP contribution in [0, 0.1) is 12.7 Å². The number of sulfonamides is 1. The first kappa shape index (κ1) is 17.7. The lowest BCUT2D eigenvalue weighted by atomic mass is 10.2. The number of anilines is 2. The zero-order valence-electron chi connectivity index (χ0n) is 13.4. The van der Waals surface area contributed by atoms with Crippen molar-refractivity contribution in [2.75, 3.05) is 17.1 Å². The minimum absolute atomic E-state index is 0.0898. The third-order valence-corrected chi connectivity index (χ3v) is 4.59. The van der Waals surface area contributed by atoms with Crippen LogP contribution in [0.1, 0.15) is 12.5 Å². The van der Waals surface area contributed by atoms with Gasteiger partial charge in [0.2, 0.25) is 5.91 Å². The Kier molecular flexibility index (Phi) is 5.08. The minimum atomic E-state index is -3.95. The standard InChI is InChI=1S/C16H17FN2O4S/c1-10-4-5-12(8-14(10)17)19-24(21,22)13-6-7-16(23-3)15(9-13)18-11(2)20/h4-9,19H,1-3H3,(H,18,20). The highest BCUT2D eigenvalue weighted by molar-refractivity contribution is 7.92. The average Bonchev–Trinajstić information content (AvgIpc) is 2.50. The second-order valence-corrected chi connectivity index (χ2v) is 6.80. The van der Waals surface area contributed by atoms with Crippen molar-refractivity contribution < 1.29 is 22.3 Å². The van der Waals surface area contributed by atoms with Crippen LogP contribution in [0.5, 0.6) is 5.75 Å². The molecule has 2 rings (SSSR count). The van der Waals surface area contributed by atoms with Gasteiger partial charge in [-0.15, -0.1) is 0 Å². The first-order valence-electron chi connectivity index (χ1n) is 6.97. The van der Waals surface area contributed by atoms with E-state index in [0.717, 1.165) is 6.07 Å². The molecule has 0 atom stereocenters. The zero-order chi connectivity index (χ0) is 17.9. The number of halogens is 1. The molecule has 6 nitrogen and oxygen atoms in total. The van der Waals surface area contributed by atoms with Crippen LogP contribution in [0.3, 0.4) is 0 Å². The number of rotatable bonds is 5. The topological polar surface area (TPSA) is 84.5 Å². The number of ether oxygens (including phenoxy) is 1. The van der Waals surface area contributed by atoms with Gasteiger partial charge in [0.05, 0.1) is 23.4 Å². The monoisotopic (exact) mass is 352 g/mol. The molecule has 0 heterocycles. The largest absolute Gasteiger partial charge is 0.495 e. The number of nitrogens with one attached hydrogen (secondary N) is 2. The van der Waals surface area contributed by atoms with Gasteiger partial charge in [-0.25, -0.2) is 12.8 Å². The van der Waals surface area contributed by atoms with Crippen molar-refractivity contribution in [1.82, 2.24) is 0 Å². The lowest BCUT2D eigenvalue weighted by Gasteiger charge is -2.13. The average molecular weight is 352 g/mol. The first-order valence-corrected chi connectivity index (χ1v) is 8.46. The van der Waals surface area contributed by atoms with Crippen molar-refractivity contribution >= 4 is 27.3 Å². The van der Waals surface area contributed by atoms with E-state index in [-0.39, 0.29) is 22.2 Å². The Bertz CT molecular complexity index is 882. The Morgan fingerprint density at radius 1 is 1.17 bits per heavy atom. The van der Waals surface area contributed by atoms with Crippen LogP contribution >= 0.6 is 0 Å². The van der Waals surface area contributed by atoms with Crippen LogP contribution < -0.4 is 14.8 Å². The van der Waals surface area contributed by atoms with Crippen LogP contribution in [0.25, 0.3) is 0 Å². The van der Waals surface area contributed by atoms with Gasteiger partial charge in [0.25, 0.3) is 10.0 Å². The van der Waals surface area contributed by atoms with Crippen LogP contribution in [0.4, 0.5) is 15.8 Å². The summed E-state index contributed by atoms with van der Waals surface area (Å²) in [5.74, 6) is -0.550. The van der Waals surface area contributed by atoms with E-state index in [4.69, 9.17) is 4.74 Å². The highest BCUT2D eigenvalue weighted by Crippen LogP contribution is 2.28. The van der Waals surface area contributed by atoms with Crippen molar-refractivity contribution in [1.29, 1.82) is 0 Å². The quantitative estimate of drug-likeness (QED) is 0.866. The van der Waals surface area contributed by atoms with Gasteiger partial charge in [-0.05, 0) is 42.8 Å². The van der Waals surface area contributed by atoms with Gasteiger partial charge >= 0.3 is 0 Å². The number of hydrogen-bond acceptors (Lipinski definition) is 4. The summed E-state index contributed by atoms with van der Waals surface area (Å²) in [5.41, 5.74) is 0.744. The molecular weight excluding hydrogens is 335 g/mol. The molecule has 2 N–H and O–H groups in total. The summed E-state index contributed by atoms with van der Waals surface area (Å²) < 4.78 is 45.8. The highest BCUT2D eigenvalue weighted by atomic mass is 32.2. The molecule has 0 unspecified atom stereocenters. The lowest BCUT2D eigenvalue weighted by molar-refractivity contribution is -0.114.